The largest absolute Gasteiger partial charge is 0.397 e. The number of likely N-dealkylation sites (tertiary alicyclic amines) is 1. The third-order valence-corrected chi connectivity index (χ3v) is 4.81. The Hall–Kier alpha value is -1.66. The van der Waals surface area contributed by atoms with Gasteiger partial charge in [-0.3, -0.25) is 4.79 Å². The van der Waals surface area contributed by atoms with E-state index in [1.54, 1.807) is 17.0 Å². The summed E-state index contributed by atoms with van der Waals surface area (Å²) in [5.74, 6) is -0.570. The minimum atomic E-state index is -0.399. The van der Waals surface area contributed by atoms with Gasteiger partial charge in [0.05, 0.1) is 17.2 Å². The molecule has 0 bridgehead atoms. The number of carbonyl (C=O) groups excluding carboxylic acids is 1. The number of thiophene rings is 1. The molecular formula is C14H15FN2O2S. The standard InChI is InChI=1S/C14H15FN2O2S/c15-9-2-1-3-10-11(9)12(16)13(20-10)14(19)17-6-4-8(18)5-7-17/h1-3,8,18H,4-7,16H2. The van der Waals surface area contributed by atoms with Gasteiger partial charge >= 0.3 is 0 Å². The molecule has 1 aromatic carbocycles. The normalized spacial score (nSPS) is 16.8. The average molecular weight is 294 g/mol. The Morgan fingerprint density at radius 2 is 2.10 bits per heavy atom. The van der Waals surface area contributed by atoms with E-state index in [1.165, 1.54) is 17.4 Å². The summed E-state index contributed by atoms with van der Waals surface area (Å²) in [5, 5.41) is 9.81. The van der Waals surface area contributed by atoms with Gasteiger partial charge in [0.25, 0.3) is 5.91 Å². The van der Waals surface area contributed by atoms with Crippen molar-refractivity contribution >= 4 is 33.0 Å². The van der Waals surface area contributed by atoms with E-state index in [0.717, 1.165) is 0 Å². The molecule has 2 aromatic rings. The highest BCUT2D eigenvalue weighted by Crippen LogP contribution is 2.36. The number of fused-ring (bicyclic) bond motifs is 1. The second kappa shape index (κ2) is 5.03. The number of hydrogen-bond acceptors (Lipinski definition) is 4. The van der Waals surface area contributed by atoms with Crippen LogP contribution in [0, 0.1) is 5.82 Å². The van der Waals surface area contributed by atoms with E-state index in [4.69, 9.17) is 5.73 Å². The maximum atomic E-state index is 13.8. The summed E-state index contributed by atoms with van der Waals surface area (Å²) in [5.41, 5.74) is 6.17. The molecular weight excluding hydrogens is 279 g/mol. The molecule has 6 heteroatoms. The molecule has 20 heavy (non-hydrogen) atoms. The number of anilines is 1. The second-order valence-electron chi connectivity index (χ2n) is 4.98. The van der Waals surface area contributed by atoms with Crippen molar-refractivity contribution in [2.45, 2.75) is 18.9 Å². The number of nitrogens with zero attached hydrogens (tertiary/aromatic N) is 1. The fraction of sp³-hybridized carbons (Fsp3) is 0.357. The lowest BCUT2D eigenvalue weighted by atomic mass is 10.1. The van der Waals surface area contributed by atoms with E-state index >= 15 is 0 Å². The number of halogens is 1. The first-order valence-corrected chi connectivity index (χ1v) is 7.33. The molecule has 3 N–H and O–H groups in total. The van der Waals surface area contributed by atoms with Crippen molar-refractivity contribution in [3.05, 3.63) is 28.9 Å². The third kappa shape index (κ3) is 2.14. The highest BCUT2D eigenvalue weighted by molar-refractivity contribution is 7.21. The maximum Gasteiger partial charge on any atom is 0.266 e. The third-order valence-electron chi connectivity index (χ3n) is 3.65. The van der Waals surface area contributed by atoms with Gasteiger partial charge in [-0.1, -0.05) is 6.07 Å². The Balaban J connectivity index is 1.96. The molecule has 3 rings (SSSR count). The molecule has 0 radical (unpaired) electrons. The monoisotopic (exact) mass is 294 g/mol. The van der Waals surface area contributed by atoms with Crippen LogP contribution in [0.5, 0.6) is 0 Å². The van der Waals surface area contributed by atoms with Crippen molar-refractivity contribution in [2.24, 2.45) is 0 Å². The van der Waals surface area contributed by atoms with Crippen molar-refractivity contribution < 1.29 is 14.3 Å². The fourth-order valence-corrected chi connectivity index (χ4v) is 3.61. The van der Waals surface area contributed by atoms with Crippen LogP contribution < -0.4 is 5.73 Å². The first-order valence-electron chi connectivity index (χ1n) is 6.51. The molecule has 0 unspecified atom stereocenters. The molecule has 2 heterocycles. The van der Waals surface area contributed by atoms with E-state index < -0.39 is 5.82 Å². The molecule has 0 atom stereocenters. The Kier molecular flexibility index (Phi) is 3.35. The molecule has 1 saturated heterocycles. The summed E-state index contributed by atoms with van der Waals surface area (Å²) in [4.78, 5) is 14.5. The Bertz CT molecular complexity index is 662. The van der Waals surface area contributed by atoms with Crippen LogP contribution in [0.15, 0.2) is 18.2 Å². The Morgan fingerprint density at radius 3 is 2.75 bits per heavy atom. The van der Waals surface area contributed by atoms with Crippen LogP contribution in [-0.4, -0.2) is 35.1 Å². The van der Waals surface area contributed by atoms with Gasteiger partial charge < -0.3 is 15.7 Å². The predicted molar refractivity (Wildman–Crippen MR) is 77.3 cm³/mol. The highest BCUT2D eigenvalue weighted by Gasteiger charge is 2.26. The number of amides is 1. The van der Waals surface area contributed by atoms with Crippen molar-refractivity contribution in [1.82, 2.24) is 4.90 Å². The van der Waals surface area contributed by atoms with Crippen LogP contribution in [0.25, 0.3) is 10.1 Å². The number of nitrogen functional groups attached to an aromatic ring is 1. The molecule has 106 valence electrons. The quantitative estimate of drug-likeness (QED) is 0.847. The predicted octanol–water partition coefficient (Wildman–Crippen LogP) is 2.22. The zero-order chi connectivity index (χ0) is 14.3. The minimum Gasteiger partial charge on any atom is -0.397 e. The molecule has 0 aliphatic carbocycles. The number of piperidine rings is 1. The lowest BCUT2D eigenvalue weighted by molar-refractivity contribution is 0.0551. The van der Waals surface area contributed by atoms with Crippen molar-refractivity contribution in [3.63, 3.8) is 0 Å². The van der Waals surface area contributed by atoms with Gasteiger partial charge in [-0.25, -0.2) is 4.39 Å². The van der Waals surface area contributed by atoms with Crippen molar-refractivity contribution in [1.29, 1.82) is 0 Å². The SMILES string of the molecule is Nc1c(C(=O)N2CCC(O)CC2)sc2cccc(F)c12. The van der Waals surface area contributed by atoms with Gasteiger partial charge in [0.2, 0.25) is 0 Å². The summed E-state index contributed by atoms with van der Waals surface area (Å²) in [6.45, 7) is 1.02. The first kappa shape index (κ1) is 13.3. The fourth-order valence-electron chi connectivity index (χ4n) is 2.50. The average Bonchev–Trinajstić information content (AvgIpc) is 2.77. The molecule has 1 amide bonds. The van der Waals surface area contributed by atoms with Crippen molar-refractivity contribution in [3.8, 4) is 0 Å². The van der Waals surface area contributed by atoms with Crippen LogP contribution in [0.1, 0.15) is 22.5 Å². The Labute approximate surface area is 119 Å². The molecule has 1 aliphatic heterocycles. The number of benzene rings is 1. The smallest absolute Gasteiger partial charge is 0.266 e. The van der Waals surface area contributed by atoms with Crippen LogP contribution in [0.2, 0.25) is 0 Å². The van der Waals surface area contributed by atoms with Crippen LogP contribution in [0.3, 0.4) is 0 Å². The topological polar surface area (TPSA) is 66.6 Å². The lowest BCUT2D eigenvalue weighted by Crippen LogP contribution is -2.39. The number of rotatable bonds is 1. The van der Waals surface area contributed by atoms with E-state index in [-0.39, 0.29) is 17.7 Å². The van der Waals surface area contributed by atoms with Crippen LogP contribution in [-0.2, 0) is 0 Å². The molecule has 0 saturated carbocycles. The zero-order valence-electron chi connectivity index (χ0n) is 10.8. The molecule has 4 nitrogen and oxygen atoms in total. The number of aliphatic hydroxyl groups excluding tert-OH is 1. The first-order chi connectivity index (χ1) is 9.58. The van der Waals surface area contributed by atoms with Crippen molar-refractivity contribution in [2.75, 3.05) is 18.8 Å². The number of aliphatic hydroxyl groups is 1. The molecule has 1 fully saturated rings. The van der Waals surface area contributed by atoms with E-state index in [1.807, 2.05) is 0 Å². The molecule has 1 aromatic heterocycles. The molecule has 0 spiro atoms. The van der Waals surface area contributed by atoms with Gasteiger partial charge in [0, 0.05) is 17.8 Å². The van der Waals surface area contributed by atoms with Gasteiger partial charge in [0.1, 0.15) is 10.7 Å². The van der Waals surface area contributed by atoms with Crippen LogP contribution >= 0.6 is 11.3 Å². The van der Waals surface area contributed by atoms with Gasteiger partial charge in [0.15, 0.2) is 0 Å². The highest BCUT2D eigenvalue weighted by atomic mass is 32.1. The summed E-state index contributed by atoms with van der Waals surface area (Å²) >= 11 is 1.22. The summed E-state index contributed by atoms with van der Waals surface area (Å²) < 4.78 is 14.5. The van der Waals surface area contributed by atoms with E-state index in [9.17, 15) is 14.3 Å². The number of carbonyl (C=O) groups is 1. The number of nitrogens with two attached hydrogens (primary N) is 1. The van der Waals surface area contributed by atoms with Gasteiger partial charge in [-0.15, -0.1) is 11.3 Å². The van der Waals surface area contributed by atoms with Gasteiger partial charge in [-0.2, -0.15) is 0 Å². The van der Waals surface area contributed by atoms with Gasteiger partial charge in [-0.05, 0) is 25.0 Å². The van der Waals surface area contributed by atoms with Crippen LogP contribution in [0.4, 0.5) is 10.1 Å². The number of hydrogen-bond donors (Lipinski definition) is 2. The second-order valence-corrected chi connectivity index (χ2v) is 6.03. The van der Waals surface area contributed by atoms with E-state index in [0.29, 0.717) is 40.9 Å². The molecule has 1 aliphatic rings. The van der Waals surface area contributed by atoms with E-state index in [2.05, 4.69) is 0 Å². The summed E-state index contributed by atoms with van der Waals surface area (Å²) in [6.07, 6.45) is 0.812. The minimum absolute atomic E-state index is 0.171. The summed E-state index contributed by atoms with van der Waals surface area (Å²) in [6, 6.07) is 4.71. The maximum absolute atomic E-state index is 13.8. The summed E-state index contributed by atoms with van der Waals surface area (Å²) in [7, 11) is 0. The lowest BCUT2D eigenvalue weighted by Gasteiger charge is -2.29. The Morgan fingerprint density at radius 1 is 1.40 bits per heavy atom. The zero-order valence-corrected chi connectivity index (χ0v) is 11.6.